The van der Waals surface area contributed by atoms with E-state index in [1.165, 1.54) is 12.1 Å². The van der Waals surface area contributed by atoms with Crippen LogP contribution in [0.15, 0.2) is 48.7 Å². The number of aryl methyl sites for hydroxylation is 1. The molecule has 0 aliphatic heterocycles. The number of nitro groups is 1. The van der Waals surface area contributed by atoms with Crippen LogP contribution in [0.3, 0.4) is 0 Å². The van der Waals surface area contributed by atoms with Crippen molar-refractivity contribution in [3.05, 3.63) is 69.9 Å². The summed E-state index contributed by atoms with van der Waals surface area (Å²) in [6, 6.07) is 12.0. The van der Waals surface area contributed by atoms with Gasteiger partial charge in [0.05, 0.1) is 22.6 Å². The lowest BCUT2D eigenvalue weighted by atomic mass is 10.1. The number of benzene rings is 2. The Morgan fingerprint density at radius 1 is 1.21 bits per heavy atom. The zero-order valence-electron chi connectivity index (χ0n) is 13.4. The Balaban J connectivity index is 2.17. The second kappa shape index (κ2) is 6.16. The van der Waals surface area contributed by atoms with Crippen molar-refractivity contribution in [1.29, 1.82) is 0 Å². The fourth-order valence-corrected chi connectivity index (χ4v) is 2.66. The van der Waals surface area contributed by atoms with Gasteiger partial charge >= 0.3 is 5.97 Å². The predicted molar refractivity (Wildman–Crippen MR) is 90.6 cm³/mol. The van der Waals surface area contributed by atoms with E-state index in [0.717, 1.165) is 22.2 Å². The molecule has 3 rings (SSSR count). The summed E-state index contributed by atoms with van der Waals surface area (Å²) in [6.45, 7) is 4.02. The first kappa shape index (κ1) is 15.7. The summed E-state index contributed by atoms with van der Waals surface area (Å²) in [5.74, 6) is -0.381. The molecule has 0 unspecified atom stereocenters. The number of carbonyl (C=O) groups excluding carboxylic acids is 1. The molecule has 0 saturated carbocycles. The van der Waals surface area contributed by atoms with Crippen molar-refractivity contribution in [2.75, 3.05) is 6.61 Å². The monoisotopic (exact) mass is 324 g/mol. The third-order valence-electron chi connectivity index (χ3n) is 3.79. The number of hydrogen-bond acceptors (Lipinski definition) is 4. The van der Waals surface area contributed by atoms with Crippen LogP contribution in [0.2, 0.25) is 0 Å². The molecule has 0 aliphatic rings. The summed E-state index contributed by atoms with van der Waals surface area (Å²) in [5, 5.41) is 11.6. The number of ether oxygens (including phenoxy) is 1. The fraction of sp³-hybridized carbons (Fsp3) is 0.167. The molecule has 0 N–H and O–H groups in total. The molecule has 0 atom stereocenters. The summed E-state index contributed by atoms with van der Waals surface area (Å²) >= 11 is 0. The molecule has 122 valence electrons. The Kier molecular flexibility index (Phi) is 4.04. The highest BCUT2D eigenvalue weighted by Gasteiger charge is 2.17. The molecule has 6 nitrogen and oxygen atoms in total. The highest BCUT2D eigenvalue weighted by Crippen LogP contribution is 2.27. The van der Waals surface area contributed by atoms with Crippen molar-refractivity contribution < 1.29 is 14.5 Å². The second-order valence-electron chi connectivity index (χ2n) is 5.43. The lowest BCUT2D eigenvalue weighted by molar-refractivity contribution is -0.384. The Morgan fingerprint density at radius 3 is 2.54 bits per heavy atom. The first-order chi connectivity index (χ1) is 11.5. The molecule has 0 fully saturated rings. The van der Waals surface area contributed by atoms with Crippen LogP contribution >= 0.6 is 0 Å². The highest BCUT2D eigenvalue weighted by atomic mass is 16.6. The fourth-order valence-electron chi connectivity index (χ4n) is 2.66. The Hall–Kier alpha value is -3.15. The van der Waals surface area contributed by atoms with E-state index in [1.54, 1.807) is 25.3 Å². The maximum absolute atomic E-state index is 12.2. The summed E-state index contributed by atoms with van der Waals surface area (Å²) < 4.78 is 6.97. The molecular weight excluding hydrogens is 308 g/mol. The van der Waals surface area contributed by atoms with Crippen molar-refractivity contribution in [3.8, 4) is 5.69 Å². The number of carbonyl (C=O) groups is 1. The first-order valence-electron chi connectivity index (χ1n) is 7.55. The van der Waals surface area contributed by atoms with Gasteiger partial charge in [-0.05, 0) is 38.1 Å². The molecule has 0 aliphatic carbocycles. The van der Waals surface area contributed by atoms with E-state index in [9.17, 15) is 14.9 Å². The van der Waals surface area contributed by atoms with Gasteiger partial charge in [-0.25, -0.2) is 4.79 Å². The van der Waals surface area contributed by atoms with Crippen LogP contribution in [0.4, 0.5) is 5.69 Å². The van der Waals surface area contributed by atoms with E-state index in [2.05, 4.69) is 0 Å². The topological polar surface area (TPSA) is 74.4 Å². The van der Waals surface area contributed by atoms with Crippen LogP contribution in [0, 0.1) is 17.0 Å². The Labute approximate surface area is 138 Å². The van der Waals surface area contributed by atoms with Crippen molar-refractivity contribution >= 4 is 22.6 Å². The quantitative estimate of drug-likeness (QED) is 0.412. The van der Waals surface area contributed by atoms with Gasteiger partial charge in [0.25, 0.3) is 5.69 Å². The Bertz CT molecular complexity index is 926. The lowest BCUT2D eigenvalue weighted by Crippen LogP contribution is -2.03. The van der Waals surface area contributed by atoms with Crippen LogP contribution in [0.5, 0.6) is 0 Å². The third-order valence-corrected chi connectivity index (χ3v) is 3.79. The molecule has 0 bridgehead atoms. The molecule has 6 heteroatoms. The van der Waals surface area contributed by atoms with Crippen molar-refractivity contribution in [2.24, 2.45) is 0 Å². The summed E-state index contributed by atoms with van der Waals surface area (Å²) in [7, 11) is 0. The zero-order valence-corrected chi connectivity index (χ0v) is 13.4. The summed E-state index contributed by atoms with van der Waals surface area (Å²) in [5.41, 5.74) is 3.13. The number of rotatable bonds is 4. The molecule has 0 radical (unpaired) electrons. The van der Waals surface area contributed by atoms with Gasteiger partial charge in [-0.1, -0.05) is 11.6 Å². The van der Waals surface area contributed by atoms with Crippen LogP contribution in [-0.4, -0.2) is 22.1 Å². The average molecular weight is 324 g/mol. The van der Waals surface area contributed by atoms with Crippen LogP contribution in [-0.2, 0) is 4.74 Å². The van der Waals surface area contributed by atoms with Gasteiger partial charge in [-0.3, -0.25) is 10.1 Å². The van der Waals surface area contributed by atoms with E-state index in [0.29, 0.717) is 12.2 Å². The van der Waals surface area contributed by atoms with E-state index in [1.807, 2.05) is 29.7 Å². The molecule has 1 heterocycles. The van der Waals surface area contributed by atoms with Crippen LogP contribution < -0.4 is 0 Å². The van der Waals surface area contributed by atoms with E-state index in [4.69, 9.17) is 4.74 Å². The number of non-ortho nitro benzene ring substituents is 1. The molecule has 2 aromatic carbocycles. The van der Waals surface area contributed by atoms with Gasteiger partial charge in [0.1, 0.15) is 0 Å². The van der Waals surface area contributed by atoms with E-state index < -0.39 is 4.92 Å². The van der Waals surface area contributed by atoms with Gasteiger partial charge < -0.3 is 9.30 Å². The zero-order chi connectivity index (χ0) is 17.3. The molecule has 0 spiro atoms. The molecule has 1 aromatic heterocycles. The number of aromatic nitrogens is 1. The number of esters is 1. The predicted octanol–water partition coefficient (Wildman–Crippen LogP) is 4.02. The summed E-state index contributed by atoms with van der Waals surface area (Å²) in [6.07, 6.45) is 1.71. The number of nitrogens with zero attached hydrogens (tertiary/aromatic N) is 2. The highest BCUT2D eigenvalue weighted by molar-refractivity contribution is 6.05. The maximum Gasteiger partial charge on any atom is 0.340 e. The van der Waals surface area contributed by atoms with Gasteiger partial charge in [-0.2, -0.15) is 0 Å². The largest absolute Gasteiger partial charge is 0.462 e. The van der Waals surface area contributed by atoms with Crippen LogP contribution in [0.1, 0.15) is 22.8 Å². The second-order valence-corrected chi connectivity index (χ2v) is 5.43. The molecule has 0 saturated heterocycles. The van der Waals surface area contributed by atoms with Gasteiger partial charge in [0, 0.05) is 29.4 Å². The third kappa shape index (κ3) is 2.74. The van der Waals surface area contributed by atoms with Crippen molar-refractivity contribution in [1.82, 2.24) is 4.57 Å². The first-order valence-corrected chi connectivity index (χ1v) is 7.55. The summed E-state index contributed by atoms with van der Waals surface area (Å²) in [4.78, 5) is 22.6. The van der Waals surface area contributed by atoms with Gasteiger partial charge in [0.15, 0.2) is 0 Å². The van der Waals surface area contributed by atoms with Crippen molar-refractivity contribution in [3.63, 3.8) is 0 Å². The number of nitro benzene ring substituents is 1. The lowest BCUT2D eigenvalue weighted by Gasteiger charge is -2.05. The maximum atomic E-state index is 12.2. The molecule has 3 aromatic rings. The smallest absolute Gasteiger partial charge is 0.340 e. The number of hydrogen-bond donors (Lipinski definition) is 0. The van der Waals surface area contributed by atoms with Gasteiger partial charge in [0.2, 0.25) is 0 Å². The minimum Gasteiger partial charge on any atom is -0.462 e. The van der Waals surface area contributed by atoms with Gasteiger partial charge in [-0.15, -0.1) is 0 Å². The van der Waals surface area contributed by atoms with E-state index in [-0.39, 0.29) is 11.7 Å². The normalized spacial score (nSPS) is 10.8. The number of fused-ring (bicyclic) bond motifs is 1. The SMILES string of the molecule is CCOC(=O)c1cn(-c2ccc([N+](=O)[O-])cc2)c2ccc(C)cc12. The Morgan fingerprint density at radius 2 is 1.92 bits per heavy atom. The standard InChI is InChI=1S/C18H16N2O4/c1-3-24-18(21)16-11-19(17-9-4-12(2)10-15(16)17)13-5-7-14(8-6-13)20(22)23/h4-11H,3H2,1-2H3. The minimum absolute atomic E-state index is 0.0247. The molecule has 0 amide bonds. The molecular formula is C18H16N2O4. The van der Waals surface area contributed by atoms with Crippen molar-refractivity contribution in [2.45, 2.75) is 13.8 Å². The van der Waals surface area contributed by atoms with E-state index >= 15 is 0 Å². The van der Waals surface area contributed by atoms with Crippen LogP contribution in [0.25, 0.3) is 16.6 Å². The average Bonchev–Trinajstić information content (AvgIpc) is 2.94. The molecule has 24 heavy (non-hydrogen) atoms. The minimum atomic E-state index is -0.440.